The molecule has 9 nitrogen and oxygen atoms in total. The van der Waals surface area contributed by atoms with Gasteiger partial charge in [-0.1, -0.05) is 0 Å². The fourth-order valence-electron chi connectivity index (χ4n) is 3.96. The number of amides is 1. The van der Waals surface area contributed by atoms with Crippen molar-refractivity contribution in [3.8, 4) is 0 Å². The molecule has 178 valence electrons. The molecule has 11 heteroatoms. The number of piperidine rings is 1. The highest BCUT2D eigenvalue weighted by molar-refractivity contribution is 5.95. The Morgan fingerprint density at radius 2 is 1.76 bits per heavy atom. The molecule has 3 heterocycles. The molecule has 1 aliphatic heterocycles. The van der Waals surface area contributed by atoms with Crippen molar-refractivity contribution in [2.75, 3.05) is 19.6 Å². The number of carbonyl (C=O) groups is 1. The maximum absolute atomic E-state index is 13.8. The first-order chi connectivity index (χ1) is 16.3. The van der Waals surface area contributed by atoms with E-state index in [1.165, 1.54) is 22.8 Å². The van der Waals surface area contributed by atoms with Crippen LogP contribution in [0.5, 0.6) is 0 Å². The van der Waals surface area contributed by atoms with E-state index in [1.54, 1.807) is 18.2 Å². The summed E-state index contributed by atoms with van der Waals surface area (Å²) in [4.78, 5) is 25.0. The van der Waals surface area contributed by atoms with Gasteiger partial charge in [0.25, 0.3) is 5.56 Å². The lowest BCUT2D eigenvalue weighted by atomic mass is 10.1. The van der Waals surface area contributed by atoms with Gasteiger partial charge in [0.05, 0.1) is 5.52 Å². The van der Waals surface area contributed by atoms with Gasteiger partial charge in [-0.15, -0.1) is 0 Å². The summed E-state index contributed by atoms with van der Waals surface area (Å²) in [6.07, 6.45) is 1.88. The molecule has 1 amide bonds. The molecule has 1 saturated heterocycles. The number of nitrogens with zero attached hydrogens (tertiary/aromatic N) is 4. The van der Waals surface area contributed by atoms with Crippen LogP contribution in [0.4, 0.5) is 8.78 Å². The molecule has 2 aromatic carbocycles. The fourth-order valence-corrected chi connectivity index (χ4v) is 3.96. The molecule has 5 N–H and O–H groups in total. The maximum atomic E-state index is 13.8. The summed E-state index contributed by atoms with van der Waals surface area (Å²) in [5.41, 5.74) is 12.8. The zero-order valence-corrected chi connectivity index (χ0v) is 18.4. The molecular formula is C23H25F2N7O2. The molecule has 0 bridgehead atoms. The largest absolute Gasteiger partial charge is 0.366 e. The number of halogens is 2. The molecule has 4 aromatic rings. The molecule has 1 aliphatic rings. The number of benzene rings is 2. The van der Waals surface area contributed by atoms with Gasteiger partial charge in [-0.05, 0) is 56.3 Å². The SMILES string of the molecule is NC(=O)c1ccc2n[nH]nc2c1.NC1CCN(CCn2c(=O)ccc3c(F)cc(F)cc32)CC1. The molecular weight excluding hydrogens is 444 g/mol. The van der Waals surface area contributed by atoms with E-state index in [-0.39, 0.29) is 17.0 Å². The van der Waals surface area contributed by atoms with Crippen molar-refractivity contribution in [3.63, 3.8) is 0 Å². The van der Waals surface area contributed by atoms with E-state index in [1.807, 2.05) is 0 Å². The minimum Gasteiger partial charge on any atom is -0.366 e. The van der Waals surface area contributed by atoms with Gasteiger partial charge >= 0.3 is 0 Å². The number of rotatable bonds is 4. The second-order valence-electron chi connectivity index (χ2n) is 8.21. The molecule has 0 atom stereocenters. The predicted octanol–water partition coefficient (Wildman–Crippen LogP) is 1.76. The first kappa shape index (κ1) is 23.5. The number of likely N-dealkylation sites (tertiary alicyclic amines) is 1. The van der Waals surface area contributed by atoms with Crippen LogP contribution < -0.4 is 17.0 Å². The highest BCUT2D eigenvalue weighted by atomic mass is 19.1. The minimum atomic E-state index is -0.673. The van der Waals surface area contributed by atoms with Crippen molar-refractivity contribution < 1.29 is 13.6 Å². The van der Waals surface area contributed by atoms with Crippen molar-refractivity contribution in [1.29, 1.82) is 0 Å². The maximum Gasteiger partial charge on any atom is 0.251 e. The van der Waals surface area contributed by atoms with Crippen LogP contribution in [0.15, 0.2) is 47.3 Å². The van der Waals surface area contributed by atoms with Crippen LogP contribution in [0, 0.1) is 11.6 Å². The molecule has 0 radical (unpaired) electrons. The average molecular weight is 469 g/mol. The molecule has 0 spiro atoms. The van der Waals surface area contributed by atoms with E-state index < -0.39 is 17.5 Å². The Kier molecular flexibility index (Phi) is 6.94. The van der Waals surface area contributed by atoms with Gasteiger partial charge < -0.3 is 20.9 Å². The summed E-state index contributed by atoms with van der Waals surface area (Å²) >= 11 is 0. The summed E-state index contributed by atoms with van der Waals surface area (Å²) in [5.74, 6) is -1.78. The van der Waals surface area contributed by atoms with Gasteiger partial charge in [-0.25, -0.2) is 8.78 Å². The van der Waals surface area contributed by atoms with Gasteiger partial charge in [0.15, 0.2) is 0 Å². The van der Waals surface area contributed by atoms with Gasteiger partial charge in [0, 0.05) is 42.2 Å². The number of nitrogens with two attached hydrogens (primary N) is 2. The fraction of sp³-hybridized carbons (Fsp3) is 0.304. The van der Waals surface area contributed by atoms with Crippen LogP contribution in [-0.2, 0) is 6.54 Å². The van der Waals surface area contributed by atoms with E-state index >= 15 is 0 Å². The number of fused-ring (bicyclic) bond motifs is 2. The van der Waals surface area contributed by atoms with Gasteiger partial charge in [-0.2, -0.15) is 15.4 Å². The lowest BCUT2D eigenvalue weighted by Gasteiger charge is -2.30. The number of hydrogen-bond donors (Lipinski definition) is 3. The molecule has 34 heavy (non-hydrogen) atoms. The summed E-state index contributed by atoms with van der Waals surface area (Å²) < 4.78 is 28.7. The van der Waals surface area contributed by atoms with E-state index in [0.29, 0.717) is 29.7 Å². The summed E-state index contributed by atoms with van der Waals surface area (Å²) in [6, 6.07) is 9.94. The Labute approximate surface area is 193 Å². The number of primary amides is 1. The molecule has 2 aromatic heterocycles. The summed E-state index contributed by atoms with van der Waals surface area (Å²) in [5, 5.41) is 10.4. The third kappa shape index (κ3) is 5.26. The molecule has 0 aliphatic carbocycles. The lowest BCUT2D eigenvalue weighted by Crippen LogP contribution is -2.41. The zero-order valence-electron chi connectivity index (χ0n) is 18.4. The third-order valence-corrected chi connectivity index (χ3v) is 5.89. The van der Waals surface area contributed by atoms with E-state index in [9.17, 15) is 18.4 Å². The first-order valence-electron chi connectivity index (χ1n) is 10.9. The third-order valence-electron chi connectivity index (χ3n) is 5.89. The van der Waals surface area contributed by atoms with Gasteiger partial charge in [0.1, 0.15) is 22.7 Å². The zero-order chi connectivity index (χ0) is 24.2. The highest BCUT2D eigenvalue weighted by Gasteiger charge is 2.16. The molecule has 0 saturated carbocycles. The lowest BCUT2D eigenvalue weighted by molar-refractivity contribution is 0.100. The normalized spacial score (nSPS) is 14.8. The number of carbonyl (C=O) groups excluding carboxylic acids is 1. The Morgan fingerprint density at radius 1 is 1.03 bits per heavy atom. The van der Waals surface area contributed by atoms with Crippen LogP contribution in [0.1, 0.15) is 23.2 Å². The Balaban J connectivity index is 0.000000192. The smallest absolute Gasteiger partial charge is 0.251 e. The standard InChI is InChI=1S/C16H19F2N3O.C7H6N4O/c17-11-9-14(18)13-1-2-16(22)21(15(13)10-11)8-7-20-5-3-12(19)4-6-20;8-7(12)4-1-2-5-6(3-4)10-11-9-5/h1-2,9-10,12H,3-8,19H2;1-3H,(H2,8,12)(H,9,10,11). The van der Waals surface area contributed by atoms with Crippen molar-refractivity contribution in [1.82, 2.24) is 24.9 Å². The first-order valence-corrected chi connectivity index (χ1v) is 10.9. The van der Waals surface area contributed by atoms with Crippen molar-refractivity contribution in [3.05, 3.63) is 70.0 Å². The van der Waals surface area contributed by atoms with Crippen molar-refractivity contribution in [2.45, 2.75) is 25.4 Å². The molecule has 5 rings (SSSR count). The van der Waals surface area contributed by atoms with E-state index in [2.05, 4.69) is 20.3 Å². The highest BCUT2D eigenvalue weighted by Crippen LogP contribution is 2.18. The second kappa shape index (κ2) is 10.1. The summed E-state index contributed by atoms with van der Waals surface area (Å²) in [6.45, 7) is 2.87. The number of nitrogens with one attached hydrogen (secondary N) is 1. The number of hydrogen-bond acceptors (Lipinski definition) is 6. The van der Waals surface area contributed by atoms with Crippen molar-refractivity contribution in [2.24, 2.45) is 11.5 Å². The second-order valence-corrected chi connectivity index (χ2v) is 8.21. The number of aromatic amines is 1. The van der Waals surface area contributed by atoms with E-state index in [0.717, 1.165) is 37.5 Å². The Bertz CT molecular complexity index is 1380. The molecule has 0 unspecified atom stereocenters. The number of pyridine rings is 1. The van der Waals surface area contributed by atoms with Gasteiger partial charge in [-0.3, -0.25) is 9.59 Å². The Hall–Kier alpha value is -3.70. The van der Waals surface area contributed by atoms with Crippen LogP contribution in [-0.4, -0.2) is 56.5 Å². The van der Waals surface area contributed by atoms with Crippen LogP contribution >= 0.6 is 0 Å². The van der Waals surface area contributed by atoms with Crippen LogP contribution in [0.2, 0.25) is 0 Å². The predicted molar refractivity (Wildman–Crippen MR) is 124 cm³/mol. The molecule has 1 fully saturated rings. The number of H-pyrrole nitrogens is 1. The minimum absolute atomic E-state index is 0.244. The van der Waals surface area contributed by atoms with E-state index in [4.69, 9.17) is 11.5 Å². The topological polar surface area (TPSA) is 136 Å². The Morgan fingerprint density at radius 3 is 2.50 bits per heavy atom. The average Bonchev–Trinajstić information content (AvgIpc) is 3.28. The summed E-state index contributed by atoms with van der Waals surface area (Å²) in [7, 11) is 0. The van der Waals surface area contributed by atoms with Gasteiger partial charge in [0.2, 0.25) is 5.91 Å². The van der Waals surface area contributed by atoms with Crippen LogP contribution in [0.3, 0.4) is 0 Å². The number of aromatic nitrogens is 4. The quantitative estimate of drug-likeness (QED) is 0.417. The van der Waals surface area contributed by atoms with Crippen LogP contribution in [0.25, 0.3) is 21.9 Å². The van der Waals surface area contributed by atoms with Crippen molar-refractivity contribution >= 4 is 27.8 Å². The monoisotopic (exact) mass is 469 g/mol.